The zero-order valence-corrected chi connectivity index (χ0v) is 8.45. The molecule has 0 radical (unpaired) electrons. The first-order valence-corrected chi connectivity index (χ1v) is 4.73. The summed E-state index contributed by atoms with van der Waals surface area (Å²) in [4.78, 5) is 0. The first kappa shape index (κ1) is 7.86. The van der Waals surface area contributed by atoms with E-state index in [0.29, 0.717) is 5.75 Å². The van der Waals surface area contributed by atoms with E-state index in [1.165, 1.54) is 3.57 Å². The predicted molar refractivity (Wildman–Crippen MR) is 58.3 cm³/mol. The zero-order chi connectivity index (χ0) is 8.55. The number of phenolic OH excluding ortho intramolecular Hbond substituents is 1. The molecule has 0 unspecified atom stereocenters. The van der Waals surface area contributed by atoms with Crippen LogP contribution in [-0.4, -0.2) is 5.11 Å². The minimum atomic E-state index is 0.353. The van der Waals surface area contributed by atoms with Crippen molar-refractivity contribution in [2.75, 3.05) is 0 Å². The van der Waals surface area contributed by atoms with E-state index in [9.17, 15) is 5.11 Å². The molecule has 2 aromatic rings. The van der Waals surface area contributed by atoms with Gasteiger partial charge in [0.05, 0.1) is 0 Å². The monoisotopic (exact) mass is 270 g/mol. The van der Waals surface area contributed by atoms with Gasteiger partial charge < -0.3 is 5.11 Å². The fourth-order valence-corrected chi connectivity index (χ4v) is 1.93. The van der Waals surface area contributed by atoms with Gasteiger partial charge >= 0.3 is 0 Å². The number of halogens is 1. The average Bonchev–Trinajstić information content (AvgIpc) is 2.07. The highest BCUT2D eigenvalue weighted by atomic mass is 127. The highest BCUT2D eigenvalue weighted by Crippen LogP contribution is 2.27. The maximum absolute atomic E-state index is 9.49. The summed E-state index contributed by atoms with van der Waals surface area (Å²) >= 11 is 2.26. The lowest BCUT2D eigenvalue weighted by molar-refractivity contribution is 0.481. The first-order chi connectivity index (χ1) is 5.79. The van der Waals surface area contributed by atoms with Gasteiger partial charge in [-0.2, -0.15) is 0 Å². The lowest BCUT2D eigenvalue weighted by Gasteiger charge is -2.01. The van der Waals surface area contributed by atoms with Gasteiger partial charge in [0, 0.05) is 8.96 Å². The Bertz CT molecular complexity index is 382. The van der Waals surface area contributed by atoms with Crippen LogP contribution in [0.25, 0.3) is 10.8 Å². The molecule has 2 heteroatoms. The van der Waals surface area contributed by atoms with Crippen molar-refractivity contribution in [1.29, 1.82) is 0 Å². The molecule has 1 nitrogen and oxygen atoms in total. The number of hydrogen-bond acceptors (Lipinski definition) is 1. The van der Waals surface area contributed by atoms with Crippen LogP contribution < -0.4 is 0 Å². The molecule has 1 N–H and O–H groups in total. The van der Waals surface area contributed by atoms with Gasteiger partial charge in [-0.25, -0.2) is 0 Å². The van der Waals surface area contributed by atoms with E-state index in [1.54, 1.807) is 6.07 Å². The van der Waals surface area contributed by atoms with Gasteiger partial charge in [-0.15, -0.1) is 0 Å². The molecule has 0 spiro atoms. The van der Waals surface area contributed by atoms with Crippen molar-refractivity contribution >= 4 is 33.4 Å². The summed E-state index contributed by atoms with van der Waals surface area (Å²) in [6.45, 7) is 0. The van der Waals surface area contributed by atoms with Crippen molar-refractivity contribution < 1.29 is 5.11 Å². The van der Waals surface area contributed by atoms with Crippen molar-refractivity contribution in [3.8, 4) is 5.75 Å². The third-order valence-corrected chi connectivity index (χ3v) is 2.79. The van der Waals surface area contributed by atoms with Gasteiger partial charge in [0.1, 0.15) is 5.75 Å². The van der Waals surface area contributed by atoms with E-state index >= 15 is 0 Å². The number of fused-ring (bicyclic) bond motifs is 1. The van der Waals surface area contributed by atoms with E-state index in [1.807, 2.05) is 30.3 Å². The standard InChI is InChI=1S/C10H7IO/c11-9-5-1-4-8-7(9)3-2-6-10(8)12/h1-6,12H. The van der Waals surface area contributed by atoms with Crippen molar-refractivity contribution in [1.82, 2.24) is 0 Å². The highest BCUT2D eigenvalue weighted by Gasteiger charge is 1.99. The van der Waals surface area contributed by atoms with Crippen molar-refractivity contribution in [3.05, 3.63) is 40.0 Å². The first-order valence-electron chi connectivity index (χ1n) is 3.65. The summed E-state index contributed by atoms with van der Waals surface area (Å²) in [5.74, 6) is 0.353. The van der Waals surface area contributed by atoms with E-state index in [0.717, 1.165) is 10.8 Å². The van der Waals surface area contributed by atoms with Crippen LogP contribution in [0.4, 0.5) is 0 Å². The zero-order valence-electron chi connectivity index (χ0n) is 6.29. The third kappa shape index (κ3) is 1.16. The van der Waals surface area contributed by atoms with Crippen LogP contribution in [0.2, 0.25) is 0 Å². The molecule has 0 aliphatic rings. The molecule has 0 aliphatic heterocycles. The molecule has 12 heavy (non-hydrogen) atoms. The van der Waals surface area contributed by atoms with Crippen LogP contribution in [0.5, 0.6) is 5.75 Å². The number of rotatable bonds is 0. The van der Waals surface area contributed by atoms with Gasteiger partial charge in [-0.05, 0) is 40.1 Å². The second kappa shape index (κ2) is 2.94. The molecule has 60 valence electrons. The molecule has 0 saturated heterocycles. The van der Waals surface area contributed by atoms with Crippen LogP contribution in [0, 0.1) is 3.57 Å². The van der Waals surface area contributed by atoms with E-state index in [2.05, 4.69) is 22.6 Å². The van der Waals surface area contributed by atoms with E-state index < -0.39 is 0 Å². The fourth-order valence-electron chi connectivity index (χ4n) is 1.26. The minimum absolute atomic E-state index is 0.353. The van der Waals surface area contributed by atoms with Crippen LogP contribution in [0.15, 0.2) is 36.4 Å². The van der Waals surface area contributed by atoms with Gasteiger partial charge in [0.15, 0.2) is 0 Å². The van der Waals surface area contributed by atoms with E-state index in [4.69, 9.17) is 0 Å². The molecule has 0 amide bonds. The molecule has 0 aromatic heterocycles. The lowest BCUT2D eigenvalue weighted by atomic mass is 10.1. The summed E-state index contributed by atoms with van der Waals surface area (Å²) in [5.41, 5.74) is 0. The largest absolute Gasteiger partial charge is 0.507 e. The van der Waals surface area contributed by atoms with Gasteiger partial charge in [0.2, 0.25) is 0 Å². The number of hydrogen-bond donors (Lipinski definition) is 1. The lowest BCUT2D eigenvalue weighted by Crippen LogP contribution is -1.76. The highest BCUT2D eigenvalue weighted by molar-refractivity contribution is 14.1. The van der Waals surface area contributed by atoms with Gasteiger partial charge in [-0.1, -0.05) is 24.3 Å². The topological polar surface area (TPSA) is 20.2 Å². The summed E-state index contributed by atoms with van der Waals surface area (Å²) < 4.78 is 1.17. The minimum Gasteiger partial charge on any atom is -0.507 e. The molecule has 2 aromatic carbocycles. The van der Waals surface area contributed by atoms with Gasteiger partial charge in [0.25, 0.3) is 0 Å². The Labute approximate surface area is 84.2 Å². The second-order valence-electron chi connectivity index (χ2n) is 2.61. The Hall–Kier alpha value is -0.770. The normalized spacial score (nSPS) is 10.4. The van der Waals surface area contributed by atoms with Crippen LogP contribution in [-0.2, 0) is 0 Å². The molecule has 0 fully saturated rings. The molecule has 2 rings (SSSR count). The smallest absolute Gasteiger partial charge is 0.123 e. The summed E-state index contributed by atoms with van der Waals surface area (Å²) in [6.07, 6.45) is 0. The Morgan fingerprint density at radius 1 is 0.917 bits per heavy atom. The van der Waals surface area contributed by atoms with Gasteiger partial charge in [-0.3, -0.25) is 0 Å². The Morgan fingerprint density at radius 2 is 1.58 bits per heavy atom. The van der Waals surface area contributed by atoms with Crippen LogP contribution >= 0.6 is 22.6 Å². The van der Waals surface area contributed by atoms with E-state index in [-0.39, 0.29) is 0 Å². The van der Waals surface area contributed by atoms with Crippen LogP contribution in [0.3, 0.4) is 0 Å². The summed E-state index contributed by atoms with van der Waals surface area (Å²) in [6, 6.07) is 11.5. The maximum Gasteiger partial charge on any atom is 0.123 e. The molecular formula is C10H7IO. The molecule has 0 aliphatic carbocycles. The van der Waals surface area contributed by atoms with Crippen LogP contribution in [0.1, 0.15) is 0 Å². The molecule has 0 heterocycles. The summed E-state index contributed by atoms with van der Waals surface area (Å²) in [7, 11) is 0. The molecule has 0 atom stereocenters. The molecule has 0 bridgehead atoms. The SMILES string of the molecule is Oc1cccc2c(I)cccc12. The quantitative estimate of drug-likeness (QED) is 0.729. The van der Waals surface area contributed by atoms with Crippen molar-refractivity contribution in [2.45, 2.75) is 0 Å². The predicted octanol–water partition coefficient (Wildman–Crippen LogP) is 3.15. The maximum atomic E-state index is 9.49. The third-order valence-electron chi connectivity index (χ3n) is 1.85. The molecular weight excluding hydrogens is 263 g/mol. The molecule has 0 saturated carbocycles. The Kier molecular flexibility index (Phi) is 1.92. The van der Waals surface area contributed by atoms with Crippen molar-refractivity contribution in [3.63, 3.8) is 0 Å². The Morgan fingerprint density at radius 3 is 2.33 bits per heavy atom. The average molecular weight is 270 g/mol. The number of phenols is 1. The number of benzene rings is 2. The number of aromatic hydroxyl groups is 1. The second-order valence-corrected chi connectivity index (χ2v) is 3.77. The van der Waals surface area contributed by atoms with Crippen molar-refractivity contribution in [2.24, 2.45) is 0 Å². The summed E-state index contributed by atoms with van der Waals surface area (Å²) in [5, 5.41) is 11.5. The Balaban J connectivity index is 2.94. The fraction of sp³-hybridized carbons (Fsp3) is 0.